The fourth-order valence-corrected chi connectivity index (χ4v) is 2.87. The van der Waals surface area contributed by atoms with Gasteiger partial charge in [0.2, 0.25) is 0 Å². The monoisotopic (exact) mass is 252 g/mol. The topological polar surface area (TPSA) is 16.1 Å². The molecule has 2 rings (SSSR count). The summed E-state index contributed by atoms with van der Waals surface area (Å²) in [7, 11) is 0. The molecule has 0 aliphatic heterocycles. The van der Waals surface area contributed by atoms with E-state index < -0.39 is 0 Å². The van der Waals surface area contributed by atoms with Crippen LogP contribution in [0.3, 0.4) is 0 Å². The summed E-state index contributed by atoms with van der Waals surface area (Å²) in [6.07, 6.45) is 8.65. The van der Waals surface area contributed by atoms with Gasteiger partial charge in [-0.15, -0.1) is 0 Å². The highest BCUT2D eigenvalue weighted by molar-refractivity contribution is 6.30. The molecule has 0 amide bonds. The summed E-state index contributed by atoms with van der Waals surface area (Å²) < 4.78 is 0. The minimum atomic E-state index is 0.745. The SMILES string of the molecule is CCN(Cc1cc(Cl)ccn1)C1CCCCC1. The molecule has 1 aromatic heterocycles. The number of pyridine rings is 1. The van der Waals surface area contributed by atoms with E-state index >= 15 is 0 Å². The summed E-state index contributed by atoms with van der Waals surface area (Å²) in [6, 6.07) is 4.56. The van der Waals surface area contributed by atoms with E-state index in [1.165, 1.54) is 32.1 Å². The average Bonchev–Trinajstić information content (AvgIpc) is 2.37. The second kappa shape index (κ2) is 6.36. The van der Waals surface area contributed by atoms with E-state index in [0.717, 1.165) is 29.8 Å². The molecule has 2 nitrogen and oxygen atoms in total. The van der Waals surface area contributed by atoms with Crippen molar-refractivity contribution in [1.29, 1.82) is 0 Å². The molecule has 1 fully saturated rings. The normalized spacial score (nSPS) is 17.6. The highest BCUT2D eigenvalue weighted by Gasteiger charge is 2.20. The summed E-state index contributed by atoms with van der Waals surface area (Å²) in [5.74, 6) is 0. The van der Waals surface area contributed by atoms with E-state index in [9.17, 15) is 0 Å². The Labute approximate surface area is 109 Å². The Balaban J connectivity index is 1.98. The van der Waals surface area contributed by atoms with Gasteiger partial charge in [-0.3, -0.25) is 9.88 Å². The Morgan fingerprint density at radius 2 is 2.12 bits per heavy atom. The van der Waals surface area contributed by atoms with Crippen LogP contribution in [0.5, 0.6) is 0 Å². The third-order valence-corrected chi connectivity index (χ3v) is 3.88. The summed E-state index contributed by atoms with van der Waals surface area (Å²) in [5, 5.41) is 0.787. The van der Waals surface area contributed by atoms with Crippen molar-refractivity contribution in [2.75, 3.05) is 6.54 Å². The third kappa shape index (κ3) is 3.68. The molecule has 0 unspecified atom stereocenters. The van der Waals surface area contributed by atoms with Gasteiger partial charge in [-0.05, 0) is 31.5 Å². The first-order valence-electron chi connectivity index (χ1n) is 6.64. The fourth-order valence-electron chi connectivity index (χ4n) is 2.69. The molecule has 17 heavy (non-hydrogen) atoms. The van der Waals surface area contributed by atoms with Gasteiger partial charge >= 0.3 is 0 Å². The zero-order chi connectivity index (χ0) is 12.1. The Morgan fingerprint density at radius 3 is 2.76 bits per heavy atom. The molecule has 0 spiro atoms. The average molecular weight is 253 g/mol. The quantitative estimate of drug-likeness (QED) is 0.808. The molecule has 1 aliphatic carbocycles. The van der Waals surface area contributed by atoms with Gasteiger partial charge in [-0.2, -0.15) is 0 Å². The second-order valence-corrected chi connectivity index (χ2v) is 5.26. The van der Waals surface area contributed by atoms with Crippen molar-refractivity contribution in [2.45, 2.75) is 51.6 Å². The van der Waals surface area contributed by atoms with Crippen molar-refractivity contribution in [3.63, 3.8) is 0 Å². The predicted molar refractivity (Wildman–Crippen MR) is 72.2 cm³/mol. The Kier molecular flexibility index (Phi) is 4.81. The van der Waals surface area contributed by atoms with Crippen LogP contribution in [0.25, 0.3) is 0 Å². The van der Waals surface area contributed by atoms with Crippen molar-refractivity contribution in [1.82, 2.24) is 9.88 Å². The predicted octanol–water partition coefficient (Wildman–Crippen LogP) is 3.89. The maximum atomic E-state index is 6.00. The second-order valence-electron chi connectivity index (χ2n) is 4.82. The number of nitrogens with zero attached hydrogens (tertiary/aromatic N) is 2. The van der Waals surface area contributed by atoms with Gasteiger partial charge in [0.1, 0.15) is 0 Å². The molecule has 0 bridgehead atoms. The Bertz CT molecular complexity index is 348. The zero-order valence-electron chi connectivity index (χ0n) is 10.5. The minimum absolute atomic E-state index is 0.745. The van der Waals surface area contributed by atoms with E-state index in [1.54, 1.807) is 6.20 Å². The summed E-state index contributed by atoms with van der Waals surface area (Å²) >= 11 is 6.00. The lowest BCUT2D eigenvalue weighted by Crippen LogP contribution is -2.36. The standard InChI is InChI=1S/C14H21ClN2/c1-2-17(14-6-4-3-5-7-14)11-13-10-12(15)8-9-16-13/h8-10,14H,2-7,11H2,1H3. The van der Waals surface area contributed by atoms with Gasteiger partial charge in [0.25, 0.3) is 0 Å². The van der Waals surface area contributed by atoms with Crippen molar-refractivity contribution in [3.8, 4) is 0 Å². The first-order chi connectivity index (χ1) is 8.29. The van der Waals surface area contributed by atoms with Crippen LogP contribution in [-0.4, -0.2) is 22.5 Å². The van der Waals surface area contributed by atoms with E-state index in [0.29, 0.717) is 0 Å². The fraction of sp³-hybridized carbons (Fsp3) is 0.643. The van der Waals surface area contributed by atoms with Crippen LogP contribution >= 0.6 is 11.6 Å². The summed E-state index contributed by atoms with van der Waals surface area (Å²) in [4.78, 5) is 6.94. The molecule has 0 saturated heterocycles. The molecule has 0 atom stereocenters. The number of hydrogen-bond donors (Lipinski definition) is 0. The lowest BCUT2D eigenvalue weighted by molar-refractivity contribution is 0.154. The largest absolute Gasteiger partial charge is 0.295 e. The highest BCUT2D eigenvalue weighted by Crippen LogP contribution is 2.23. The Morgan fingerprint density at radius 1 is 1.35 bits per heavy atom. The van der Waals surface area contributed by atoms with Crippen LogP contribution in [0.1, 0.15) is 44.7 Å². The lowest BCUT2D eigenvalue weighted by Gasteiger charge is -2.33. The molecular formula is C14H21ClN2. The lowest BCUT2D eigenvalue weighted by atomic mass is 9.94. The summed E-state index contributed by atoms with van der Waals surface area (Å²) in [6.45, 7) is 4.26. The molecule has 1 heterocycles. The molecule has 0 aromatic carbocycles. The van der Waals surface area contributed by atoms with Gasteiger partial charge in [0.15, 0.2) is 0 Å². The maximum Gasteiger partial charge on any atom is 0.0558 e. The van der Waals surface area contributed by atoms with E-state index in [1.807, 2.05) is 12.1 Å². The smallest absolute Gasteiger partial charge is 0.0558 e. The molecule has 0 N–H and O–H groups in total. The van der Waals surface area contributed by atoms with Gasteiger partial charge in [0, 0.05) is 23.8 Å². The van der Waals surface area contributed by atoms with Gasteiger partial charge in [0.05, 0.1) is 5.69 Å². The van der Waals surface area contributed by atoms with E-state index in [4.69, 9.17) is 11.6 Å². The van der Waals surface area contributed by atoms with Gasteiger partial charge in [-0.1, -0.05) is 37.8 Å². The molecule has 94 valence electrons. The van der Waals surface area contributed by atoms with Crippen LogP contribution in [-0.2, 0) is 6.54 Å². The number of halogens is 1. The van der Waals surface area contributed by atoms with Crippen molar-refractivity contribution < 1.29 is 0 Å². The van der Waals surface area contributed by atoms with Crippen molar-refractivity contribution >= 4 is 11.6 Å². The first-order valence-corrected chi connectivity index (χ1v) is 7.02. The maximum absolute atomic E-state index is 6.00. The number of aromatic nitrogens is 1. The highest BCUT2D eigenvalue weighted by atomic mass is 35.5. The molecule has 0 radical (unpaired) electrons. The van der Waals surface area contributed by atoms with Gasteiger partial charge in [-0.25, -0.2) is 0 Å². The van der Waals surface area contributed by atoms with Crippen LogP contribution in [0, 0.1) is 0 Å². The van der Waals surface area contributed by atoms with Crippen LogP contribution in [0.2, 0.25) is 5.02 Å². The van der Waals surface area contributed by atoms with Gasteiger partial charge < -0.3 is 0 Å². The first kappa shape index (κ1) is 12.8. The number of hydrogen-bond acceptors (Lipinski definition) is 2. The minimum Gasteiger partial charge on any atom is -0.295 e. The Hall–Kier alpha value is -0.600. The molecule has 1 saturated carbocycles. The summed E-state index contributed by atoms with van der Waals surface area (Å²) in [5.41, 5.74) is 1.09. The molecule has 1 aliphatic rings. The van der Waals surface area contributed by atoms with Crippen LogP contribution < -0.4 is 0 Å². The van der Waals surface area contributed by atoms with E-state index in [2.05, 4.69) is 16.8 Å². The van der Waals surface area contributed by atoms with Crippen molar-refractivity contribution in [2.24, 2.45) is 0 Å². The van der Waals surface area contributed by atoms with Crippen molar-refractivity contribution in [3.05, 3.63) is 29.0 Å². The molecular weight excluding hydrogens is 232 g/mol. The van der Waals surface area contributed by atoms with Crippen LogP contribution in [0.4, 0.5) is 0 Å². The molecule has 3 heteroatoms. The van der Waals surface area contributed by atoms with Crippen LogP contribution in [0.15, 0.2) is 18.3 Å². The third-order valence-electron chi connectivity index (χ3n) is 3.64. The van der Waals surface area contributed by atoms with E-state index in [-0.39, 0.29) is 0 Å². The molecule has 1 aromatic rings. The zero-order valence-corrected chi connectivity index (χ0v) is 11.3. The number of rotatable bonds is 4.